The van der Waals surface area contributed by atoms with Gasteiger partial charge in [0.15, 0.2) is 9.84 Å². The van der Waals surface area contributed by atoms with Crippen LogP contribution in [0.15, 0.2) is 71.6 Å². The summed E-state index contributed by atoms with van der Waals surface area (Å²) in [6.07, 6.45) is -2.47. The molecular formula is C27H25F2NO4S. The molecular weight excluding hydrogens is 472 g/mol. The number of Topliss-reactive ketones (excluding diaryl/α,β-unsaturated/α-hetero) is 1. The molecule has 0 heterocycles. The molecule has 35 heavy (non-hydrogen) atoms. The van der Waals surface area contributed by atoms with Gasteiger partial charge in [0.2, 0.25) is 0 Å². The molecule has 3 aromatic carbocycles. The van der Waals surface area contributed by atoms with Crippen molar-refractivity contribution in [1.82, 2.24) is 0 Å². The van der Waals surface area contributed by atoms with Crippen LogP contribution in [0, 0.1) is 16.7 Å². The highest BCUT2D eigenvalue weighted by Crippen LogP contribution is 2.33. The molecule has 182 valence electrons. The van der Waals surface area contributed by atoms with E-state index in [4.69, 9.17) is 4.74 Å². The Kier molecular flexibility index (Phi) is 7.71. The highest BCUT2D eigenvalue weighted by molar-refractivity contribution is 7.92. The van der Waals surface area contributed by atoms with Gasteiger partial charge in [0.1, 0.15) is 27.9 Å². The van der Waals surface area contributed by atoms with Crippen molar-refractivity contribution < 1.29 is 26.7 Å². The van der Waals surface area contributed by atoms with Crippen molar-refractivity contribution in [2.24, 2.45) is 5.41 Å². The molecule has 0 saturated carbocycles. The van der Waals surface area contributed by atoms with Gasteiger partial charge in [0, 0.05) is 12.0 Å². The first-order valence-corrected chi connectivity index (χ1v) is 12.5. The van der Waals surface area contributed by atoms with Crippen LogP contribution >= 0.6 is 0 Å². The Labute approximate surface area is 203 Å². The summed E-state index contributed by atoms with van der Waals surface area (Å²) in [5.41, 5.74) is 1.03. The van der Waals surface area contributed by atoms with Crippen molar-refractivity contribution in [3.63, 3.8) is 0 Å². The Hall–Kier alpha value is -3.57. The van der Waals surface area contributed by atoms with Crippen LogP contribution in [-0.4, -0.2) is 20.0 Å². The van der Waals surface area contributed by atoms with Gasteiger partial charge in [-0.3, -0.25) is 4.79 Å². The summed E-state index contributed by atoms with van der Waals surface area (Å²) in [4.78, 5) is 12.2. The van der Waals surface area contributed by atoms with E-state index in [9.17, 15) is 27.3 Å². The predicted octanol–water partition coefficient (Wildman–Crippen LogP) is 6.73. The number of ketones is 1. The van der Waals surface area contributed by atoms with E-state index in [1.54, 1.807) is 36.4 Å². The fourth-order valence-electron chi connectivity index (χ4n) is 3.52. The Morgan fingerprint density at radius 3 is 2.29 bits per heavy atom. The zero-order valence-electron chi connectivity index (χ0n) is 19.6. The Balaban J connectivity index is 1.93. The van der Waals surface area contributed by atoms with Crippen molar-refractivity contribution in [1.29, 1.82) is 5.26 Å². The van der Waals surface area contributed by atoms with Crippen molar-refractivity contribution in [3.8, 4) is 28.7 Å². The maximum atomic E-state index is 13.1. The zero-order chi connectivity index (χ0) is 25.8. The molecule has 3 rings (SSSR count). The molecule has 0 spiro atoms. The molecule has 0 fully saturated rings. The lowest BCUT2D eigenvalue weighted by Gasteiger charge is -2.17. The fraction of sp³-hybridized carbons (Fsp3) is 0.259. The summed E-state index contributed by atoms with van der Waals surface area (Å²) in [6, 6.07) is 18.5. The molecule has 0 aliphatic rings. The number of nitriles is 1. The molecule has 0 amide bonds. The van der Waals surface area contributed by atoms with Gasteiger partial charge in [0.25, 0.3) is 6.43 Å². The van der Waals surface area contributed by atoms with E-state index in [2.05, 4.69) is 0 Å². The minimum absolute atomic E-state index is 0.0160. The van der Waals surface area contributed by atoms with Gasteiger partial charge in [-0.1, -0.05) is 57.2 Å². The standard InChI is InChI=1S/C27H25F2NO4S/c1-27(2,3)15-22(31)17-35(32,33)25-13-18(16-30)7-12-24(25)34-23-6-4-5-21(14-23)19-8-10-20(11-9-19)26(28)29/h4-14,26H,15,17H2,1-3H3. The lowest BCUT2D eigenvalue weighted by molar-refractivity contribution is -0.118. The molecule has 0 saturated heterocycles. The summed E-state index contributed by atoms with van der Waals surface area (Å²) in [6.45, 7) is 5.53. The first-order valence-electron chi connectivity index (χ1n) is 10.8. The van der Waals surface area contributed by atoms with Crippen molar-refractivity contribution in [2.75, 3.05) is 5.75 Å². The van der Waals surface area contributed by atoms with Crippen LogP contribution in [0.3, 0.4) is 0 Å². The van der Waals surface area contributed by atoms with Crippen LogP contribution in [-0.2, 0) is 14.6 Å². The molecule has 0 bridgehead atoms. The lowest BCUT2D eigenvalue weighted by atomic mass is 9.90. The van der Waals surface area contributed by atoms with Crippen molar-refractivity contribution >= 4 is 15.6 Å². The maximum Gasteiger partial charge on any atom is 0.263 e. The third-order valence-corrected chi connectivity index (χ3v) is 6.74. The van der Waals surface area contributed by atoms with Crippen molar-refractivity contribution in [3.05, 3.63) is 77.9 Å². The van der Waals surface area contributed by atoms with Gasteiger partial charge >= 0.3 is 0 Å². The Morgan fingerprint density at radius 1 is 1.00 bits per heavy atom. The van der Waals surface area contributed by atoms with Crippen LogP contribution in [0.25, 0.3) is 11.1 Å². The molecule has 0 N–H and O–H groups in total. The average molecular weight is 498 g/mol. The molecule has 3 aromatic rings. The number of halogens is 2. The summed E-state index contributed by atoms with van der Waals surface area (Å²) >= 11 is 0. The van der Waals surface area contributed by atoms with Crippen molar-refractivity contribution in [2.45, 2.75) is 38.5 Å². The highest BCUT2D eigenvalue weighted by Gasteiger charge is 2.27. The van der Waals surface area contributed by atoms with E-state index in [-0.39, 0.29) is 33.6 Å². The van der Waals surface area contributed by atoms with Crippen LogP contribution in [0.4, 0.5) is 8.78 Å². The third kappa shape index (κ3) is 6.96. The Morgan fingerprint density at radius 2 is 1.69 bits per heavy atom. The number of ether oxygens (including phenoxy) is 1. The molecule has 0 aliphatic carbocycles. The molecule has 0 unspecified atom stereocenters. The van der Waals surface area contributed by atoms with E-state index in [0.717, 1.165) is 0 Å². The number of hydrogen-bond acceptors (Lipinski definition) is 5. The van der Waals surface area contributed by atoms with Gasteiger partial charge < -0.3 is 4.74 Å². The van der Waals surface area contributed by atoms with E-state index < -0.39 is 27.8 Å². The zero-order valence-corrected chi connectivity index (χ0v) is 20.4. The number of hydrogen-bond donors (Lipinski definition) is 0. The molecule has 0 radical (unpaired) electrons. The molecule has 0 aromatic heterocycles. The van der Waals surface area contributed by atoms with Gasteiger partial charge in [-0.25, -0.2) is 17.2 Å². The largest absolute Gasteiger partial charge is 0.456 e. The summed E-state index contributed by atoms with van der Waals surface area (Å²) < 4.78 is 57.8. The number of carbonyl (C=O) groups excluding carboxylic acids is 1. The van der Waals surface area contributed by atoms with E-state index in [0.29, 0.717) is 16.9 Å². The summed E-state index contributed by atoms with van der Waals surface area (Å²) in [5, 5.41) is 9.26. The molecule has 0 aliphatic heterocycles. The smallest absolute Gasteiger partial charge is 0.263 e. The number of alkyl halides is 2. The quantitative estimate of drug-likeness (QED) is 0.344. The number of benzene rings is 3. The Bertz CT molecular complexity index is 1370. The molecule has 0 atom stereocenters. The van der Waals surface area contributed by atoms with Gasteiger partial charge in [-0.05, 0) is 46.9 Å². The second-order valence-electron chi connectivity index (χ2n) is 9.36. The second kappa shape index (κ2) is 10.4. The van der Waals surface area contributed by atoms with Crippen LogP contribution < -0.4 is 4.74 Å². The van der Waals surface area contributed by atoms with Gasteiger partial charge in [-0.2, -0.15) is 5.26 Å². The van der Waals surface area contributed by atoms with Gasteiger partial charge in [-0.15, -0.1) is 0 Å². The predicted molar refractivity (Wildman–Crippen MR) is 129 cm³/mol. The molecule has 8 heteroatoms. The number of carbonyl (C=O) groups is 1. The molecule has 5 nitrogen and oxygen atoms in total. The van der Waals surface area contributed by atoms with Gasteiger partial charge in [0.05, 0.1) is 11.6 Å². The number of rotatable bonds is 8. The normalized spacial score (nSPS) is 11.8. The highest BCUT2D eigenvalue weighted by atomic mass is 32.2. The minimum Gasteiger partial charge on any atom is -0.456 e. The maximum absolute atomic E-state index is 13.1. The minimum atomic E-state index is -4.09. The van der Waals surface area contributed by atoms with E-state index in [1.165, 1.54) is 30.3 Å². The number of nitrogens with zero attached hydrogens (tertiary/aromatic N) is 1. The van der Waals surface area contributed by atoms with E-state index in [1.807, 2.05) is 26.8 Å². The van der Waals surface area contributed by atoms with Crippen LogP contribution in [0.1, 0.15) is 44.7 Å². The van der Waals surface area contributed by atoms with Crippen LogP contribution in [0.5, 0.6) is 11.5 Å². The first kappa shape index (κ1) is 26.0. The summed E-state index contributed by atoms with van der Waals surface area (Å²) in [5.74, 6) is -0.841. The van der Waals surface area contributed by atoms with Crippen LogP contribution in [0.2, 0.25) is 0 Å². The summed E-state index contributed by atoms with van der Waals surface area (Å²) in [7, 11) is -4.09. The van der Waals surface area contributed by atoms with E-state index >= 15 is 0 Å². The fourth-order valence-corrected chi connectivity index (χ4v) is 4.93. The number of sulfone groups is 1. The average Bonchev–Trinajstić information content (AvgIpc) is 2.78. The topological polar surface area (TPSA) is 84.2 Å². The first-order chi connectivity index (χ1) is 16.4. The monoisotopic (exact) mass is 497 g/mol. The third-order valence-electron chi connectivity index (χ3n) is 5.04. The lowest BCUT2D eigenvalue weighted by Crippen LogP contribution is -2.21. The second-order valence-corrected chi connectivity index (χ2v) is 11.3. The SMILES string of the molecule is CC(C)(C)CC(=O)CS(=O)(=O)c1cc(C#N)ccc1Oc1cccc(-c2ccc(C(F)F)cc2)c1.